The Morgan fingerprint density at radius 3 is 2.72 bits per heavy atom. The maximum absolute atomic E-state index is 6.17. The first-order valence-electron chi connectivity index (χ1n) is 5.11. The zero-order valence-corrected chi connectivity index (χ0v) is 12.6. The standard InChI is InChI=1S/C12H6Cl2IN3/c13-8-4-2-1-3-7(8)9-6-18-10(15)5-16-12(18)11(14)17-9/h1-6H. The van der Waals surface area contributed by atoms with Gasteiger partial charge in [-0.1, -0.05) is 41.4 Å². The second-order valence-electron chi connectivity index (χ2n) is 3.67. The quantitative estimate of drug-likeness (QED) is 0.580. The summed E-state index contributed by atoms with van der Waals surface area (Å²) in [4.78, 5) is 8.54. The lowest BCUT2D eigenvalue weighted by Crippen LogP contribution is -1.94. The van der Waals surface area contributed by atoms with Crippen molar-refractivity contribution in [2.45, 2.75) is 0 Å². The van der Waals surface area contributed by atoms with Crippen LogP contribution in [0.3, 0.4) is 0 Å². The van der Waals surface area contributed by atoms with Crippen molar-refractivity contribution < 1.29 is 0 Å². The summed E-state index contributed by atoms with van der Waals surface area (Å²) in [5, 5.41) is 1.02. The molecule has 0 bridgehead atoms. The van der Waals surface area contributed by atoms with E-state index in [4.69, 9.17) is 23.2 Å². The molecule has 0 aliphatic rings. The number of fused-ring (bicyclic) bond motifs is 1. The molecule has 3 rings (SSSR count). The molecule has 0 saturated heterocycles. The predicted molar refractivity (Wildman–Crippen MR) is 81.2 cm³/mol. The van der Waals surface area contributed by atoms with E-state index in [2.05, 4.69) is 32.6 Å². The molecule has 0 saturated carbocycles. The third kappa shape index (κ3) is 1.98. The Balaban J connectivity index is 2.31. The highest BCUT2D eigenvalue weighted by molar-refractivity contribution is 14.1. The molecule has 0 N–H and O–H groups in total. The lowest BCUT2D eigenvalue weighted by Gasteiger charge is -2.06. The van der Waals surface area contributed by atoms with Gasteiger partial charge in [0.1, 0.15) is 3.70 Å². The van der Waals surface area contributed by atoms with Crippen LogP contribution in [0.25, 0.3) is 16.9 Å². The largest absolute Gasteiger partial charge is 0.290 e. The number of benzene rings is 1. The molecular weight excluding hydrogens is 384 g/mol. The first-order chi connectivity index (χ1) is 8.66. The van der Waals surface area contributed by atoms with Gasteiger partial charge in [-0.05, 0) is 28.7 Å². The van der Waals surface area contributed by atoms with E-state index in [0.29, 0.717) is 15.8 Å². The Hall–Kier alpha value is -0.850. The molecule has 0 atom stereocenters. The molecule has 0 unspecified atom stereocenters. The zero-order chi connectivity index (χ0) is 12.7. The average molecular weight is 390 g/mol. The molecule has 2 heterocycles. The van der Waals surface area contributed by atoms with Gasteiger partial charge < -0.3 is 0 Å². The van der Waals surface area contributed by atoms with E-state index in [9.17, 15) is 0 Å². The third-order valence-electron chi connectivity index (χ3n) is 2.56. The van der Waals surface area contributed by atoms with Crippen LogP contribution in [0.4, 0.5) is 0 Å². The van der Waals surface area contributed by atoms with Crippen molar-refractivity contribution in [2.75, 3.05) is 0 Å². The normalized spacial score (nSPS) is 11.1. The zero-order valence-electron chi connectivity index (χ0n) is 8.94. The van der Waals surface area contributed by atoms with Crippen molar-refractivity contribution in [1.29, 1.82) is 0 Å². The van der Waals surface area contributed by atoms with Gasteiger partial charge in [0.15, 0.2) is 10.8 Å². The van der Waals surface area contributed by atoms with E-state index >= 15 is 0 Å². The molecule has 0 aliphatic heterocycles. The number of aromatic nitrogens is 3. The fourth-order valence-electron chi connectivity index (χ4n) is 1.72. The number of nitrogens with zero attached hydrogens (tertiary/aromatic N) is 3. The molecule has 1 aromatic carbocycles. The first kappa shape index (κ1) is 12.2. The van der Waals surface area contributed by atoms with E-state index < -0.39 is 0 Å². The van der Waals surface area contributed by atoms with Gasteiger partial charge in [0.05, 0.1) is 16.9 Å². The monoisotopic (exact) mass is 389 g/mol. The van der Waals surface area contributed by atoms with E-state index in [1.807, 2.05) is 34.9 Å². The molecule has 0 spiro atoms. The summed E-state index contributed by atoms with van der Waals surface area (Å²) in [7, 11) is 0. The summed E-state index contributed by atoms with van der Waals surface area (Å²) in [5.41, 5.74) is 2.23. The average Bonchev–Trinajstić information content (AvgIpc) is 2.72. The molecule has 3 nitrogen and oxygen atoms in total. The highest BCUT2D eigenvalue weighted by Crippen LogP contribution is 2.28. The van der Waals surface area contributed by atoms with Crippen molar-refractivity contribution in [3.63, 3.8) is 0 Å². The van der Waals surface area contributed by atoms with Gasteiger partial charge in [-0.2, -0.15) is 0 Å². The first-order valence-corrected chi connectivity index (χ1v) is 6.94. The SMILES string of the molecule is Clc1ccccc1-c1cn2c(I)cnc2c(Cl)n1. The molecule has 3 aromatic rings. The number of hydrogen-bond acceptors (Lipinski definition) is 2. The number of imidazole rings is 1. The van der Waals surface area contributed by atoms with Crippen LogP contribution in [0.5, 0.6) is 0 Å². The summed E-state index contributed by atoms with van der Waals surface area (Å²) < 4.78 is 2.87. The maximum atomic E-state index is 6.17. The second kappa shape index (κ2) is 4.68. The minimum absolute atomic E-state index is 0.371. The van der Waals surface area contributed by atoms with Gasteiger partial charge in [0.25, 0.3) is 0 Å². The molecule has 0 aliphatic carbocycles. The van der Waals surface area contributed by atoms with Crippen molar-refractivity contribution in [3.05, 3.63) is 50.5 Å². The third-order valence-corrected chi connectivity index (χ3v) is 3.94. The van der Waals surface area contributed by atoms with Crippen LogP contribution in [0, 0.1) is 3.70 Å². The Bertz CT molecular complexity index is 739. The summed E-state index contributed by atoms with van der Waals surface area (Å²) in [6.07, 6.45) is 3.64. The smallest absolute Gasteiger partial charge is 0.175 e. The van der Waals surface area contributed by atoms with Gasteiger partial charge in [-0.3, -0.25) is 4.40 Å². The molecule has 2 aromatic heterocycles. The molecule has 18 heavy (non-hydrogen) atoms. The highest BCUT2D eigenvalue weighted by Gasteiger charge is 2.11. The van der Waals surface area contributed by atoms with Crippen molar-refractivity contribution in [3.8, 4) is 11.3 Å². The van der Waals surface area contributed by atoms with Gasteiger partial charge in [-0.25, -0.2) is 9.97 Å². The van der Waals surface area contributed by atoms with Crippen LogP contribution >= 0.6 is 45.8 Å². The Kier molecular flexibility index (Phi) is 3.17. The summed E-state index contributed by atoms with van der Waals surface area (Å²) in [5.74, 6) is 0. The Morgan fingerprint density at radius 2 is 1.94 bits per heavy atom. The van der Waals surface area contributed by atoms with Crippen molar-refractivity contribution in [2.24, 2.45) is 0 Å². The fourth-order valence-corrected chi connectivity index (χ4v) is 2.69. The predicted octanol–water partition coefficient (Wildman–Crippen LogP) is 4.31. The van der Waals surface area contributed by atoms with Crippen molar-refractivity contribution >= 4 is 51.4 Å². The molecule has 0 amide bonds. The van der Waals surface area contributed by atoms with Crippen LogP contribution in [-0.2, 0) is 0 Å². The summed E-state index contributed by atoms with van der Waals surface area (Å²) >= 11 is 14.5. The number of halogens is 3. The molecule has 6 heteroatoms. The molecule has 0 radical (unpaired) electrons. The van der Waals surface area contributed by atoms with Gasteiger partial charge in [0, 0.05) is 11.8 Å². The van der Waals surface area contributed by atoms with Crippen LogP contribution in [0.15, 0.2) is 36.7 Å². The van der Waals surface area contributed by atoms with E-state index in [1.54, 1.807) is 6.20 Å². The fraction of sp³-hybridized carbons (Fsp3) is 0. The van der Waals surface area contributed by atoms with Gasteiger partial charge in [0.2, 0.25) is 0 Å². The number of rotatable bonds is 1. The minimum atomic E-state index is 0.371. The van der Waals surface area contributed by atoms with E-state index in [0.717, 1.165) is 15.0 Å². The molecular formula is C12H6Cl2IN3. The van der Waals surface area contributed by atoms with Crippen LogP contribution in [-0.4, -0.2) is 14.4 Å². The lowest BCUT2D eigenvalue weighted by molar-refractivity contribution is 1.11. The topological polar surface area (TPSA) is 30.2 Å². The van der Waals surface area contributed by atoms with Crippen LogP contribution in [0.1, 0.15) is 0 Å². The Labute approximate surface area is 127 Å². The lowest BCUT2D eigenvalue weighted by atomic mass is 10.1. The van der Waals surface area contributed by atoms with Gasteiger partial charge in [-0.15, -0.1) is 0 Å². The van der Waals surface area contributed by atoms with Crippen LogP contribution in [0.2, 0.25) is 10.2 Å². The van der Waals surface area contributed by atoms with Crippen molar-refractivity contribution in [1.82, 2.24) is 14.4 Å². The van der Waals surface area contributed by atoms with Gasteiger partial charge >= 0.3 is 0 Å². The van der Waals surface area contributed by atoms with E-state index in [-0.39, 0.29) is 0 Å². The maximum Gasteiger partial charge on any atom is 0.175 e. The number of hydrogen-bond donors (Lipinski definition) is 0. The Morgan fingerprint density at radius 1 is 1.17 bits per heavy atom. The second-order valence-corrected chi connectivity index (χ2v) is 5.54. The van der Waals surface area contributed by atoms with E-state index in [1.165, 1.54) is 0 Å². The minimum Gasteiger partial charge on any atom is -0.290 e. The van der Waals surface area contributed by atoms with Crippen LogP contribution < -0.4 is 0 Å². The molecule has 0 fully saturated rings. The molecule has 90 valence electrons. The summed E-state index contributed by atoms with van der Waals surface area (Å²) in [6, 6.07) is 7.54. The highest BCUT2D eigenvalue weighted by atomic mass is 127. The summed E-state index contributed by atoms with van der Waals surface area (Å²) in [6.45, 7) is 0.